The molecule has 1 rings (SSSR count). The Labute approximate surface area is 124 Å². The van der Waals surface area contributed by atoms with E-state index in [0.29, 0.717) is 6.61 Å². The van der Waals surface area contributed by atoms with E-state index >= 15 is 0 Å². The molecule has 0 aliphatic carbocycles. The van der Waals surface area contributed by atoms with Crippen molar-refractivity contribution in [3.63, 3.8) is 0 Å². The zero-order valence-electron chi connectivity index (χ0n) is 13.8. The van der Waals surface area contributed by atoms with Gasteiger partial charge in [0, 0.05) is 17.7 Å². The number of hydrogen-bond donors (Lipinski definition) is 1. The van der Waals surface area contributed by atoms with Gasteiger partial charge >= 0.3 is 0 Å². The molecule has 1 heterocycles. The molecule has 0 radical (unpaired) electrons. The topological polar surface area (TPSA) is 34.4 Å². The maximum Gasteiger partial charge on any atom is 0.118 e. The number of hydrogen-bond acceptors (Lipinski definition) is 3. The van der Waals surface area contributed by atoms with Gasteiger partial charge in [0.1, 0.15) is 11.5 Å². The van der Waals surface area contributed by atoms with Crippen LogP contribution in [0.2, 0.25) is 0 Å². The third-order valence-electron chi connectivity index (χ3n) is 3.26. The van der Waals surface area contributed by atoms with E-state index in [9.17, 15) is 0 Å². The van der Waals surface area contributed by atoms with E-state index in [-0.39, 0.29) is 5.54 Å². The highest BCUT2D eigenvalue weighted by Crippen LogP contribution is 2.16. The largest absolute Gasteiger partial charge is 0.465 e. The highest BCUT2D eigenvalue weighted by Gasteiger charge is 2.12. The average Bonchev–Trinajstić information content (AvgIpc) is 2.71. The van der Waals surface area contributed by atoms with Crippen LogP contribution < -0.4 is 5.32 Å². The van der Waals surface area contributed by atoms with Gasteiger partial charge in [-0.1, -0.05) is 26.2 Å². The lowest BCUT2D eigenvalue weighted by molar-refractivity contribution is 0.116. The highest BCUT2D eigenvalue weighted by atomic mass is 16.5. The number of unbranched alkanes of at least 4 members (excludes halogenated alkanes) is 3. The Hall–Kier alpha value is -0.800. The number of rotatable bonds is 9. The molecule has 0 amide bonds. The molecule has 0 saturated carbocycles. The minimum Gasteiger partial charge on any atom is -0.465 e. The molecular formula is C17H31NO2. The molecule has 0 aliphatic rings. The second-order valence-corrected chi connectivity index (χ2v) is 6.51. The zero-order chi connectivity index (χ0) is 15.0. The molecule has 0 aromatic carbocycles. The Morgan fingerprint density at radius 1 is 1.20 bits per heavy atom. The van der Waals surface area contributed by atoms with Gasteiger partial charge in [-0.3, -0.25) is 0 Å². The number of ether oxygens (including phenoxy) is 1. The van der Waals surface area contributed by atoms with E-state index < -0.39 is 0 Å². The van der Waals surface area contributed by atoms with Crippen molar-refractivity contribution in [2.24, 2.45) is 0 Å². The van der Waals surface area contributed by atoms with Gasteiger partial charge in [0.15, 0.2) is 0 Å². The maximum atomic E-state index is 5.76. The summed E-state index contributed by atoms with van der Waals surface area (Å²) in [6, 6.07) is 2.11. The molecule has 0 fully saturated rings. The monoisotopic (exact) mass is 281 g/mol. The van der Waals surface area contributed by atoms with Crippen molar-refractivity contribution in [1.29, 1.82) is 0 Å². The van der Waals surface area contributed by atoms with Crippen molar-refractivity contribution in [3.05, 3.63) is 23.2 Å². The molecule has 1 aromatic heterocycles. The van der Waals surface area contributed by atoms with E-state index in [1.165, 1.54) is 24.8 Å². The first-order chi connectivity index (χ1) is 9.42. The smallest absolute Gasteiger partial charge is 0.118 e. The molecular weight excluding hydrogens is 250 g/mol. The molecule has 116 valence electrons. The van der Waals surface area contributed by atoms with Crippen molar-refractivity contribution in [2.75, 3.05) is 6.61 Å². The van der Waals surface area contributed by atoms with Crippen molar-refractivity contribution < 1.29 is 9.15 Å². The van der Waals surface area contributed by atoms with Gasteiger partial charge in [-0.25, -0.2) is 0 Å². The predicted molar refractivity (Wildman–Crippen MR) is 83.8 cm³/mol. The molecule has 0 atom stereocenters. The second-order valence-electron chi connectivity index (χ2n) is 6.51. The molecule has 0 unspecified atom stereocenters. The van der Waals surface area contributed by atoms with Gasteiger partial charge in [0.25, 0.3) is 0 Å². The summed E-state index contributed by atoms with van der Waals surface area (Å²) in [6.45, 7) is 13.0. The summed E-state index contributed by atoms with van der Waals surface area (Å²) >= 11 is 0. The van der Waals surface area contributed by atoms with Gasteiger partial charge in [-0.2, -0.15) is 0 Å². The van der Waals surface area contributed by atoms with Crippen LogP contribution in [0, 0.1) is 6.92 Å². The fourth-order valence-electron chi connectivity index (χ4n) is 1.98. The SMILES string of the molecule is CCCCCCOCc1cc(CNC(C)(C)C)oc1C. The lowest BCUT2D eigenvalue weighted by Crippen LogP contribution is -2.34. The molecule has 0 aliphatic heterocycles. The predicted octanol–water partition coefficient (Wildman–Crippen LogP) is 4.57. The summed E-state index contributed by atoms with van der Waals surface area (Å²) in [4.78, 5) is 0. The summed E-state index contributed by atoms with van der Waals surface area (Å²) < 4.78 is 11.5. The molecule has 3 heteroatoms. The fourth-order valence-corrected chi connectivity index (χ4v) is 1.98. The summed E-state index contributed by atoms with van der Waals surface area (Å²) in [7, 11) is 0. The Morgan fingerprint density at radius 2 is 1.95 bits per heavy atom. The molecule has 20 heavy (non-hydrogen) atoms. The van der Waals surface area contributed by atoms with Crippen LogP contribution in [0.3, 0.4) is 0 Å². The van der Waals surface area contributed by atoms with E-state index in [1.807, 2.05) is 6.92 Å². The van der Waals surface area contributed by atoms with Crippen molar-refractivity contribution >= 4 is 0 Å². The van der Waals surface area contributed by atoms with E-state index in [4.69, 9.17) is 9.15 Å². The minimum atomic E-state index is 0.108. The summed E-state index contributed by atoms with van der Waals surface area (Å²) in [5, 5.41) is 3.43. The minimum absolute atomic E-state index is 0.108. The first-order valence-electron chi connectivity index (χ1n) is 7.83. The first kappa shape index (κ1) is 17.3. The van der Waals surface area contributed by atoms with Crippen LogP contribution in [0.15, 0.2) is 10.5 Å². The van der Waals surface area contributed by atoms with E-state index in [2.05, 4.69) is 39.1 Å². The average molecular weight is 281 g/mol. The number of aryl methyl sites for hydroxylation is 1. The van der Waals surface area contributed by atoms with Gasteiger partial charge in [0.05, 0.1) is 13.2 Å². The number of furan rings is 1. The van der Waals surface area contributed by atoms with Gasteiger partial charge in [-0.15, -0.1) is 0 Å². The Balaban J connectivity index is 2.30. The van der Waals surface area contributed by atoms with Crippen molar-refractivity contribution in [3.8, 4) is 0 Å². The van der Waals surface area contributed by atoms with Crippen LogP contribution in [-0.2, 0) is 17.9 Å². The van der Waals surface area contributed by atoms with Crippen LogP contribution in [0.4, 0.5) is 0 Å². The van der Waals surface area contributed by atoms with Crippen LogP contribution in [-0.4, -0.2) is 12.1 Å². The summed E-state index contributed by atoms with van der Waals surface area (Å²) in [6.07, 6.45) is 4.99. The molecule has 0 bridgehead atoms. The Bertz CT molecular complexity index is 377. The third kappa shape index (κ3) is 7.11. The molecule has 1 N–H and O–H groups in total. The maximum absolute atomic E-state index is 5.76. The highest BCUT2D eigenvalue weighted by molar-refractivity contribution is 5.20. The second kappa shape index (κ2) is 8.48. The van der Waals surface area contributed by atoms with Gasteiger partial charge in [-0.05, 0) is 40.2 Å². The lowest BCUT2D eigenvalue weighted by atomic mass is 10.1. The lowest BCUT2D eigenvalue weighted by Gasteiger charge is -2.19. The van der Waals surface area contributed by atoms with E-state index in [0.717, 1.165) is 31.1 Å². The summed E-state index contributed by atoms with van der Waals surface area (Å²) in [5.74, 6) is 1.96. The molecule has 1 aromatic rings. The Morgan fingerprint density at radius 3 is 2.60 bits per heavy atom. The van der Waals surface area contributed by atoms with E-state index in [1.54, 1.807) is 0 Å². The molecule has 0 saturated heterocycles. The fraction of sp³-hybridized carbons (Fsp3) is 0.765. The van der Waals surface area contributed by atoms with Crippen molar-refractivity contribution in [2.45, 2.75) is 79.0 Å². The standard InChI is InChI=1S/C17H31NO2/c1-6-7-8-9-10-19-13-15-11-16(20-14(15)2)12-18-17(3,4)5/h11,18H,6-10,12-13H2,1-5H3. The van der Waals surface area contributed by atoms with Crippen molar-refractivity contribution in [1.82, 2.24) is 5.32 Å². The summed E-state index contributed by atoms with van der Waals surface area (Å²) in [5.41, 5.74) is 1.28. The normalized spacial score (nSPS) is 12.1. The molecule has 0 spiro atoms. The Kier molecular flexibility index (Phi) is 7.31. The van der Waals surface area contributed by atoms with Crippen LogP contribution in [0.5, 0.6) is 0 Å². The van der Waals surface area contributed by atoms with Crippen LogP contribution >= 0.6 is 0 Å². The number of nitrogens with one attached hydrogen (secondary N) is 1. The van der Waals surface area contributed by atoms with Gasteiger partial charge < -0.3 is 14.5 Å². The van der Waals surface area contributed by atoms with Gasteiger partial charge in [0.2, 0.25) is 0 Å². The first-order valence-corrected chi connectivity index (χ1v) is 7.83. The van der Waals surface area contributed by atoms with Crippen LogP contribution in [0.1, 0.15) is 70.5 Å². The third-order valence-corrected chi connectivity index (χ3v) is 3.26. The molecule has 3 nitrogen and oxygen atoms in total. The van der Waals surface area contributed by atoms with Crippen LogP contribution in [0.25, 0.3) is 0 Å². The zero-order valence-corrected chi connectivity index (χ0v) is 13.8. The quantitative estimate of drug-likeness (QED) is 0.673.